The standard InChI is InChI=1S/C24H22N4O/c1-18-10-12-21(13-11-18)28-23(17-22(27-28)19-7-3-2-4-8-19)24(29)26-16-14-20-9-5-6-15-25-20/h2-13,15,17H,14,16H2,1H3,(H,26,29). The minimum atomic E-state index is -0.156. The molecule has 0 aliphatic heterocycles. The van der Waals surface area contributed by atoms with Gasteiger partial charge in [0, 0.05) is 30.4 Å². The Labute approximate surface area is 170 Å². The first-order chi connectivity index (χ1) is 14.2. The summed E-state index contributed by atoms with van der Waals surface area (Å²) in [6.45, 7) is 2.54. The first kappa shape index (κ1) is 18.6. The van der Waals surface area contributed by atoms with Crippen LogP contribution in [-0.4, -0.2) is 27.2 Å². The molecular weight excluding hydrogens is 360 g/mol. The van der Waals surface area contributed by atoms with Crippen LogP contribution in [0.25, 0.3) is 16.9 Å². The molecule has 0 atom stereocenters. The summed E-state index contributed by atoms with van der Waals surface area (Å²) < 4.78 is 1.71. The highest BCUT2D eigenvalue weighted by atomic mass is 16.2. The Hall–Kier alpha value is -3.73. The monoisotopic (exact) mass is 382 g/mol. The first-order valence-electron chi connectivity index (χ1n) is 9.61. The molecule has 1 N–H and O–H groups in total. The topological polar surface area (TPSA) is 59.8 Å². The molecule has 4 aromatic rings. The fourth-order valence-corrected chi connectivity index (χ4v) is 3.12. The predicted molar refractivity (Wildman–Crippen MR) is 114 cm³/mol. The van der Waals surface area contributed by atoms with E-state index in [1.165, 1.54) is 0 Å². The quantitative estimate of drug-likeness (QED) is 0.543. The van der Waals surface area contributed by atoms with Crippen LogP contribution < -0.4 is 5.32 Å². The van der Waals surface area contributed by atoms with Gasteiger partial charge in [0.15, 0.2) is 0 Å². The molecule has 1 amide bonds. The lowest BCUT2D eigenvalue weighted by molar-refractivity contribution is 0.0946. The van der Waals surface area contributed by atoms with E-state index in [9.17, 15) is 4.79 Å². The van der Waals surface area contributed by atoms with E-state index < -0.39 is 0 Å². The van der Waals surface area contributed by atoms with Gasteiger partial charge in [-0.3, -0.25) is 9.78 Å². The van der Waals surface area contributed by atoms with Gasteiger partial charge in [-0.05, 0) is 37.3 Å². The van der Waals surface area contributed by atoms with Gasteiger partial charge in [0.05, 0.1) is 11.4 Å². The van der Waals surface area contributed by atoms with Crippen molar-refractivity contribution in [2.75, 3.05) is 6.54 Å². The number of aromatic nitrogens is 3. The number of hydrogen-bond donors (Lipinski definition) is 1. The van der Waals surface area contributed by atoms with Crippen LogP contribution in [0.4, 0.5) is 0 Å². The molecule has 0 radical (unpaired) electrons. The van der Waals surface area contributed by atoms with Crippen LogP contribution in [0.5, 0.6) is 0 Å². The number of benzene rings is 2. The number of nitrogens with one attached hydrogen (secondary N) is 1. The van der Waals surface area contributed by atoms with E-state index in [2.05, 4.69) is 10.3 Å². The molecule has 0 spiro atoms. The lowest BCUT2D eigenvalue weighted by Gasteiger charge is -2.08. The maximum absolute atomic E-state index is 12.9. The number of carbonyl (C=O) groups is 1. The maximum Gasteiger partial charge on any atom is 0.270 e. The molecule has 4 rings (SSSR count). The molecule has 0 unspecified atom stereocenters. The zero-order chi connectivity index (χ0) is 20.1. The van der Waals surface area contributed by atoms with Gasteiger partial charge in [-0.2, -0.15) is 5.10 Å². The molecule has 5 nitrogen and oxygen atoms in total. The van der Waals surface area contributed by atoms with Crippen molar-refractivity contribution in [3.05, 3.63) is 102 Å². The van der Waals surface area contributed by atoms with Crippen molar-refractivity contribution < 1.29 is 4.79 Å². The summed E-state index contributed by atoms with van der Waals surface area (Å²) in [5.41, 5.74) is 5.21. The Bertz CT molecular complexity index is 1090. The van der Waals surface area contributed by atoms with Crippen molar-refractivity contribution in [2.45, 2.75) is 13.3 Å². The molecule has 2 aromatic carbocycles. The SMILES string of the molecule is Cc1ccc(-n2nc(-c3ccccc3)cc2C(=O)NCCc2ccccn2)cc1. The van der Waals surface area contributed by atoms with Crippen molar-refractivity contribution >= 4 is 5.91 Å². The molecule has 29 heavy (non-hydrogen) atoms. The van der Waals surface area contributed by atoms with Gasteiger partial charge in [0.1, 0.15) is 5.69 Å². The van der Waals surface area contributed by atoms with Crippen molar-refractivity contribution in [1.82, 2.24) is 20.1 Å². The predicted octanol–water partition coefficient (Wildman–Crippen LogP) is 4.22. The molecule has 5 heteroatoms. The second-order valence-corrected chi connectivity index (χ2v) is 6.86. The Balaban J connectivity index is 1.60. The van der Waals surface area contributed by atoms with E-state index in [0.29, 0.717) is 18.7 Å². The van der Waals surface area contributed by atoms with Crippen LogP contribution in [0.1, 0.15) is 21.7 Å². The number of carbonyl (C=O) groups excluding carboxylic acids is 1. The van der Waals surface area contributed by atoms with Crippen LogP contribution in [-0.2, 0) is 6.42 Å². The minimum absolute atomic E-state index is 0.156. The average Bonchev–Trinajstić information content (AvgIpc) is 3.21. The molecule has 144 valence electrons. The van der Waals surface area contributed by atoms with Gasteiger partial charge in [0.25, 0.3) is 5.91 Å². The maximum atomic E-state index is 12.9. The van der Waals surface area contributed by atoms with E-state index in [1.807, 2.05) is 85.8 Å². The highest BCUT2D eigenvalue weighted by molar-refractivity contribution is 5.94. The number of rotatable bonds is 6. The van der Waals surface area contributed by atoms with E-state index in [-0.39, 0.29) is 5.91 Å². The lowest BCUT2D eigenvalue weighted by atomic mass is 10.1. The Morgan fingerprint density at radius 1 is 0.966 bits per heavy atom. The smallest absolute Gasteiger partial charge is 0.270 e. The average molecular weight is 382 g/mol. The van der Waals surface area contributed by atoms with Crippen molar-refractivity contribution in [2.24, 2.45) is 0 Å². The minimum Gasteiger partial charge on any atom is -0.350 e. The zero-order valence-electron chi connectivity index (χ0n) is 16.2. The zero-order valence-corrected chi connectivity index (χ0v) is 16.2. The van der Waals surface area contributed by atoms with Gasteiger partial charge < -0.3 is 5.32 Å². The van der Waals surface area contributed by atoms with Crippen molar-refractivity contribution in [1.29, 1.82) is 0 Å². The fourth-order valence-electron chi connectivity index (χ4n) is 3.12. The van der Waals surface area contributed by atoms with Gasteiger partial charge in [-0.15, -0.1) is 0 Å². The highest BCUT2D eigenvalue weighted by Crippen LogP contribution is 2.22. The van der Waals surface area contributed by atoms with E-state index in [0.717, 1.165) is 28.2 Å². The third-order valence-corrected chi connectivity index (χ3v) is 4.68. The molecule has 2 aromatic heterocycles. The Morgan fingerprint density at radius 2 is 1.72 bits per heavy atom. The fraction of sp³-hybridized carbons (Fsp3) is 0.125. The van der Waals surface area contributed by atoms with Crippen molar-refractivity contribution in [3.63, 3.8) is 0 Å². The summed E-state index contributed by atoms with van der Waals surface area (Å²) in [6.07, 6.45) is 2.44. The molecule has 0 fully saturated rings. The first-order valence-corrected chi connectivity index (χ1v) is 9.61. The summed E-state index contributed by atoms with van der Waals surface area (Å²) >= 11 is 0. The Morgan fingerprint density at radius 3 is 2.45 bits per heavy atom. The van der Waals surface area contributed by atoms with E-state index >= 15 is 0 Å². The third-order valence-electron chi connectivity index (χ3n) is 4.68. The number of hydrogen-bond acceptors (Lipinski definition) is 3. The van der Waals surface area contributed by atoms with Crippen molar-refractivity contribution in [3.8, 4) is 16.9 Å². The molecule has 0 bridgehead atoms. The highest BCUT2D eigenvalue weighted by Gasteiger charge is 2.17. The number of pyridine rings is 1. The van der Waals surface area contributed by atoms with Gasteiger partial charge in [-0.25, -0.2) is 4.68 Å². The van der Waals surface area contributed by atoms with Gasteiger partial charge >= 0.3 is 0 Å². The summed E-state index contributed by atoms with van der Waals surface area (Å²) in [7, 11) is 0. The van der Waals surface area contributed by atoms with Crippen LogP contribution in [0.15, 0.2) is 85.1 Å². The number of nitrogens with zero attached hydrogens (tertiary/aromatic N) is 3. The second kappa shape index (κ2) is 8.52. The summed E-state index contributed by atoms with van der Waals surface area (Å²) in [6, 6.07) is 25.5. The number of aryl methyl sites for hydroxylation is 1. The molecule has 2 heterocycles. The summed E-state index contributed by atoms with van der Waals surface area (Å²) in [4.78, 5) is 17.2. The molecular formula is C24H22N4O. The molecule has 0 aliphatic carbocycles. The van der Waals surface area contributed by atoms with Crippen LogP contribution in [0, 0.1) is 6.92 Å². The third kappa shape index (κ3) is 4.41. The van der Waals surface area contributed by atoms with Crippen LogP contribution in [0.2, 0.25) is 0 Å². The van der Waals surface area contributed by atoms with Crippen LogP contribution in [0.3, 0.4) is 0 Å². The summed E-state index contributed by atoms with van der Waals surface area (Å²) in [5, 5.41) is 7.71. The number of amides is 1. The molecule has 0 aliphatic rings. The lowest BCUT2D eigenvalue weighted by Crippen LogP contribution is -2.28. The van der Waals surface area contributed by atoms with Crippen LogP contribution >= 0.6 is 0 Å². The molecule has 0 saturated carbocycles. The normalized spacial score (nSPS) is 10.7. The molecule has 0 saturated heterocycles. The van der Waals surface area contributed by atoms with E-state index in [4.69, 9.17) is 5.10 Å². The van der Waals surface area contributed by atoms with Gasteiger partial charge in [0.2, 0.25) is 0 Å². The largest absolute Gasteiger partial charge is 0.350 e. The second-order valence-electron chi connectivity index (χ2n) is 6.86. The van der Waals surface area contributed by atoms with E-state index in [1.54, 1.807) is 10.9 Å². The summed E-state index contributed by atoms with van der Waals surface area (Å²) in [5.74, 6) is -0.156. The Kier molecular flexibility index (Phi) is 5.47. The van der Waals surface area contributed by atoms with Gasteiger partial charge in [-0.1, -0.05) is 54.1 Å².